The highest BCUT2D eigenvalue weighted by Crippen LogP contribution is 2.26. The van der Waals surface area contributed by atoms with Crippen LogP contribution in [0.4, 0.5) is 9.52 Å². The van der Waals surface area contributed by atoms with Gasteiger partial charge in [-0.3, -0.25) is 4.79 Å². The molecule has 26 heavy (non-hydrogen) atoms. The van der Waals surface area contributed by atoms with Gasteiger partial charge in [0.15, 0.2) is 5.13 Å². The van der Waals surface area contributed by atoms with Crippen LogP contribution in [0.1, 0.15) is 11.1 Å². The Morgan fingerprint density at radius 2 is 2.04 bits per heavy atom. The van der Waals surface area contributed by atoms with Crippen molar-refractivity contribution in [2.75, 3.05) is 5.32 Å². The van der Waals surface area contributed by atoms with E-state index in [1.807, 2.05) is 30.5 Å². The van der Waals surface area contributed by atoms with Gasteiger partial charge in [0.2, 0.25) is 5.91 Å². The molecule has 0 bridgehead atoms. The Morgan fingerprint density at radius 1 is 1.23 bits per heavy atom. The van der Waals surface area contributed by atoms with Crippen molar-refractivity contribution in [1.82, 2.24) is 4.98 Å². The summed E-state index contributed by atoms with van der Waals surface area (Å²) in [4.78, 5) is 16.7. The molecule has 2 heterocycles. The number of hydrogen-bond acceptors (Lipinski definition) is 4. The van der Waals surface area contributed by atoms with E-state index in [1.54, 1.807) is 18.4 Å². The predicted octanol–water partition coefficient (Wildman–Crippen LogP) is 5.19. The quantitative estimate of drug-likeness (QED) is 0.541. The monoisotopic (exact) mass is 366 g/mol. The van der Waals surface area contributed by atoms with Crippen molar-refractivity contribution in [2.24, 2.45) is 0 Å². The molecule has 0 aliphatic heterocycles. The average molecular weight is 366 g/mol. The SMILES string of the molecule is Cc1ccc2c(CC(=O)Nc3nc(-c4ccc(F)cc4)cs3)coc2c1. The topological polar surface area (TPSA) is 55.1 Å². The van der Waals surface area contributed by atoms with E-state index >= 15 is 0 Å². The van der Waals surface area contributed by atoms with Gasteiger partial charge >= 0.3 is 0 Å². The molecule has 4 rings (SSSR count). The second-order valence-electron chi connectivity index (χ2n) is 6.03. The standard InChI is InChI=1S/C20H15FN2O2S/c1-12-2-7-16-14(10-25-18(16)8-12)9-19(24)23-20-22-17(11-26-20)13-3-5-15(21)6-4-13/h2-8,10-11H,9H2,1H3,(H,22,23,24). The highest BCUT2D eigenvalue weighted by molar-refractivity contribution is 7.14. The van der Waals surface area contributed by atoms with Crippen LogP contribution in [0.25, 0.3) is 22.2 Å². The zero-order chi connectivity index (χ0) is 18.1. The first-order valence-corrected chi connectivity index (χ1v) is 8.94. The summed E-state index contributed by atoms with van der Waals surface area (Å²) >= 11 is 1.33. The van der Waals surface area contributed by atoms with Crippen LogP contribution in [0.15, 0.2) is 58.5 Å². The molecule has 6 heteroatoms. The molecule has 130 valence electrons. The molecule has 1 N–H and O–H groups in total. The number of aromatic nitrogens is 1. The van der Waals surface area contributed by atoms with Gasteiger partial charge in [-0.1, -0.05) is 12.1 Å². The Kier molecular flexibility index (Phi) is 4.26. The van der Waals surface area contributed by atoms with Gasteiger partial charge in [0.1, 0.15) is 11.4 Å². The Hall–Kier alpha value is -2.99. The number of benzene rings is 2. The number of nitrogens with one attached hydrogen (secondary N) is 1. The molecule has 2 aromatic heterocycles. The van der Waals surface area contributed by atoms with Gasteiger partial charge in [-0.25, -0.2) is 9.37 Å². The third-order valence-electron chi connectivity index (χ3n) is 4.05. The second kappa shape index (κ2) is 6.72. The zero-order valence-corrected chi connectivity index (χ0v) is 14.8. The number of halogens is 1. The lowest BCUT2D eigenvalue weighted by atomic mass is 10.1. The highest BCUT2D eigenvalue weighted by atomic mass is 32.1. The average Bonchev–Trinajstić information content (AvgIpc) is 3.23. The molecule has 0 atom stereocenters. The van der Waals surface area contributed by atoms with E-state index in [1.165, 1.54) is 23.5 Å². The number of aryl methyl sites for hydroxylation is 1. The molecule has 4 nitrogen and oxygen atoms in total. The Morgan fingerprint density at radius 3 is 2.85 bits per heavy atom. The van der Waals surface area contributed by atoms with E-state index in [4.69, 9.17) is 4.42 Å². The van der Waals surface area contributed by atoms with E-state index in [0.717, 1.165) is 27.7 Å². The van der Waals surface area contributed by atoms with Gasteiger partial charge in [0.25, 0.3) is 0 Å². The number of thiazole rings is 1. The molecule has 4 aromatic rings. The Bertz CT molecular complexity index is 1080. The third kappa shape index (κ3) is 3.36. The summed E-state index contributed by atoms with van der Waals surface area (Å²) in [5.41, 5.74) is 4.24. The number of furan rings is 1. The minimum Gasteiger partial charge on any atom is -0.464 e. The fourth-order valence-corrected chi connectivity index (χ4v) is 3.48. The summed E-state index contributed by atoms with van der Waals surface area (Å²) in [6.45, 7) is 2.00. The van der Waals surface area contributed by atoms with Gasteiger partial charge < -0.3 is 9.73 Å². The molecule has 0 saturated carbocycles. The first-order chi connectivity index (χ1) is 12.6. The predicted molar refractivity (Wildman–Crippen MR) is 101 cm³/mol. The summed E-state index contributed by atoms with van der Waals surface area (Å²) in [6.07, 6.45) is 1.83. The Balaban J connectivity index is 1.47. The van der Waals surface area contributed by atoms with E-state index in [0.29, 0.717) is 10.8 Å². The maximum atomic E-state index is 13.0. The van der Waals surface area contributed by atoms with Gasteiger partial charge in [-0.15, -0.1) is 11.3 Å². The van der Waals surface area contributed by atoms with E-state index in [2.05, 4.69) is 10.3 Å². The van der Waals surface area contributed by atoms with Crippen LogP contribution in [0.3, 0.4) is 0 Å². The molecule has 0 spiro atoms. The number of rotatable bonds is 4. The van der Waals surface area contributed by atoms with Crippen molar-refractivity contribution < 1.29 is 13.6 Å². The van der Waals surface area contributed by atoms with Crippen LogP contribution in [0.2, 0.25) is 0 Å². The number of fused-ring (bicyclic) bond motifs is 1. The first-order valence-electron chi connectivity index (χ1n) is 8.06. The maximum absolute atomic E-state index is 13.0. The summed E-state index contributed by atoms with van der Waals surface area (Å²) in [5, 5.41) is 6.10. The fraction of sp³-hybridized carbons (Fsp3) is 0.100. The van der Waals surface area contributed by atoms with Crippen LogP contribution in [-0.4, -0.2) is 10.9 Å². The van der Waals surface area contributed by atoms with Crippen LogP contribution in [0, 0.1) is 12.7 Å². The number of anilines is 1. The van der Waals surface area contributed by atoms with Crippen LogP contribution >= 0.6 is 11.3 Å². The molecule has 1 amide bonds. The van der Waals surface area contributed by atoms with Crippen LogP contribution < -0.4 is 5.32 Å². The molecule has 0 radical (unpaired) electrons. The van der Waals surface area contributed by atoms with Crippen LogP contribution in [0.5, 0.6) is 0 Å². The van der Waals surface area contributed by atoms with Crippen molar-refractivity contribution in [3.05, 3.63) is 71.1 Å². The van der Waals surface area contributed by atoms with Crippen molar-refractivity contribution in [2.45, 2.75) is 13.3 Å². The molecule has 0 saturated heterocycles. The highest BCUT2D eigenvalue weighted by Gasteiger charge is 2.13. The number of hydrogen-bond donors (Lipinski definition) is 1. The first kappa shape index (κ1) is 16.5. The van der Waals surface area contributed by atoms with Crippen LogP contribution in [-0.2, 0) is 11.2 Å². The van der Waals surface area contributed by atoms with Gasteiger partial charge in [0.05, 0.1) is 18.4 Å². The van der Waals surface area contributed by atoms with E-state index in [-0.39, 0.29) is 18.1 Å². The summed E-state index contributed by atoms with van der Waals surface area (Å²) < 4.78 is 18.5. The summed E-state index contributed by atoms with van der Waals surface area (Å²) in [6, 6.07) is 12.0. The minimum absolute atomic E-state index is 0.159. The number of amides is 1. The molecule has 0 aliphatic carbocycles. The van der Waals surface area contributed by atoms with Crippen molar-refractivity contribution in [3.8, 4) is 11.3 Å². The largest absolute Gasteiger partial charge is 0.464 e. The molecule has 0 fully saturated rings. The van der Waals surface area contributed by atoms with Gasteiger partial charge in [-0.05, 0) is 42.8 Å². The second-order valence-corrected chi connectivity index (χ2v) is 6.89. The summed E-state index contributed by atoms with van der Waals surface area (Å²) in [7, 11) is 0. The normalized spacial score (nSPS) is 11.0. The lowest BCUT2D eigenvalue weighted by Gasteiger charge is -2.01. The number of carbonyl (C=O) groups is 1. The Labute approximate surface area is 153 Å². The molecular weight excluding hydrogens is 351 g/mol. The number of carbonyl (C=O) groups excluding carboxylic acids is 1. The zero-order valence-electron chi connectivity index (χ0n) is 14.0. The van der Waals surface area contributed by atoms with Crippen molar-refractivity contribution >= 4 is 33.3 Å². The van der Waals surface area contributed by atoms with Crippen molar-refractivity contribution in [3.63, 3.8) is 0 Å². The molecule has 0 unspecified atom stereocenters. The van der Waals surface area contributed by atoms with E-state index < -0.39 is 0 Å². The fourth-order valence-electron chi connectivity index (χ4n) is 2.75. The lowest BCUT2D eigenvalue weighted by Crippen LogP contribution is -2.13. The molecule has 0 aliphatic rings. The molecule has 2 aromatic carbocycles. The third-order valence-corrected chi connectivity index (χ3v) is 4.81. The molecular formula is C20H15FN2O2S. The van der Waals surface area contributed by atoms with Gasteiger partial charge in [0, 0.05) is 21.9 Å². The maximum Gasteiger partial charge on any atom is 0.230 e. The number of nitrogens with zero attached hydrogens (tertiary/aromatic N) is 1. The minimum atomic E-state index is -0.292. The smallest absolute Gasteiger partial charge is 0.230 e. The van der Waals surface area contributed by atoms with Gasteiger partial charge in [-0.2, -0.15) is 0 Å². The lowest BCUT2D eigenvalue weighted by molar-refractivity contribution is -0.115. The van der Waals surface area contributed by atoms with E-state index in [9.17, 15) is 9.18 Å². The summed E-state index contributed by atoms with van der Waals surface area (Å²) in [5.74, 6) is -0.451. The van der Waals surface area contributed by atoms with Crippen molar-refractivity contribution in [1.29, 1.82) is 0 Å².